The molecule has 4 aromatic rings. The number of H-pyrrole nitrogens is 1. The van der Waals surface area contributed by atoms with Crippen LogP contribution in [0.3, 0.4) is 0 Å². The van der Waals surface area contributed by atoms with E-state index in [4.69, 9.17) is 9.47 Å². The van der Waals surface area contributed by atoms with E-state index < -0.39 is 6.09 Å². The van der Waals surface area contributed by atoms with Crippen molar-refractivity contribution < 1.29 is 18.7 Å². The van der Waals surface area contributed by atoms with Gasteiger partial charge in [0, 0.05) is 12.3 Å². The zero-order valence-corrected chi connectivity index (χ0v) is 14.8. The normalized spacial score (nSPS) is 10.5. The summed E-state index contributed by atoms with van der Waals surface area (Å²) in [4.78, 5) is 33.9. The third-order valence-electron chi connectivity index (χ3n) is 3.84. The van der Waals surface area contributed by atoms with Gasteiger partial charge in [-0.15, -0.1) is 5.12 Å². The van der Waals surface area contributed by atoms with Gasteiger partial charge >= 0.3 is 6.09 Å². The number of amides is 1. The number of carbonyl (C=O) groups excluding carboxylic acids is 1. The predicted molar refractivity (Wildman–Crippen MR) is 103 cm³/mol. The van der Waals surface area contributed by atoms with Crippen LogP contribution in [0.2, 0.25) is 0 Å². The second kappa shape index (κ2) is 7.77. The lowest BCUT2D eigenvalue weighted by molar-refractivity contribution is 0.192. The van der Waals surface area contributed by atoms with Gasteiger partial charge < -0.3 is 14.5 Å². The molecule has 0 aliphatic heterocycles. The van der Waals surface area contributed by atoms with Gasteiger partial charge in [-0.2, -0.15) is 0 Å². The van der Waals surface area contributed by atoms with E-state index in [1.165, 1.54) is 30.5 Å². The summed E-state index contributed by atoms with van der Waals surface area (Å²) >= 11 is 0. The second-order valence-corrected chi connectivity index (χ2v) is 5.81. The number of nitrogens with one attached hydrogen (secondary N) is 1. The highest BCUT2D eigenvalue weighted by atomic mass is 19.2. The Morgan fingerprint density at radius 1 is 0.966 bits per heavy atom. The Hall–Kier alpha value is -4.27. The van der Waals surface area contributed by atoms with Crippen molar-refractivity contribution in [1.29, 1.82) is 0 Å². The molecule has 1 N–H and O–H groups in total. The van der Waals surface area contributed by atoms with E-state index >= 15 is 0 Å². The third-order valence-corrected chi connectivity index (χ3v) is 3.84. The third kappa shape index (κ3) is 4.03. The Morgan fingerprint density at radius 3 is 2.48 bits per heavy atom. The number of ether oxygens (including phenoxy) is 2. The maximum absolute atomic E-state index is 14.3. The van der Waals surface area contributed by atoms with Gasteiger partial charge in [-0.05, 0) is 36.4 Å². The molecule has 4 rings (SSSR count). The van der Waals surface area contributed by atoms with Crippen molar-refractivity contribution in [2.45, 2.75) is 0 Å². The van der Waals surface area contributed by atoms with Crippen molar-refractivity contribution in [3.05, 3.63) is 83.4 Å². The molecule has 0 atom stereocenters. The molecule has 0 spiro atoms. The van der Waals surface area contributed by atoms with Gasteiger partial charge in [-0.3, -0.25) is 4.79 Å². The fraction of sp³-hybridized carbons (Fsp3) is 0. The molecule has 2 aromatic carbocycles. The molecule has 1 amide bonds. The topological polar surface area (TPSA) is 97.4 Å². The SMILES string of the molecule is O=C(Oc1ccccc1)N(F)c1ccc(Oc2ccnc3[nH]c(=O)cnc23)cc1. The van der Waals surface area contributed by atoms with Gasteiger partial charge in [-0.1, -0.05) is 22.7 Å². The van der Waals surface area contributed by atoms with Crippen LogP contribution in [-0.2, 0) is 0 Å². The van der Waals surface area contributed by atoms with Crippen molar-refractivity contribution >= 4 is 22.9 Å². The molecule has 0 saturated carbocycles. The number of halogens is 1. The largest absolute Gasteiger partial charge is 0.455 e. The van der Waals surface area contributed by atoms with Gasteiger partial charge in [0.05, 0.1) is 11.9 Å². The average Bonchev–Trinajstić information content (AvgIpc) is 2.74. The lowest BCUT2D eigenvalue weighted by atomic mass is 10.3. The maximum Gasteiger partial charge on any atom is 0.448 e. The molecular formula is C20H13FN4O4. The second-order valence-electron chi connectivity index (χ2n) is 5.81. The summed E-state index contributed by atoms with van der Waals surface area (Å²) in [6.07, 6.45) is 1.42. The summed E-state index contributed by atoms with van der Waals surface area (Å²) in [6, 6.07) is 15.5. The van der Waals surface area contributed by atoms with Crippen LogP contribution in [0.15, 0.2) is 77.9 Å². The van der Waals surface area contributed by atoms with Crippen LogP contribution >= 0.6 is 0 Å². The first-order valence-electron chi connectivity index (χ1n) is 8.45. The minimum absolute atomic E-state index is 0.0275. The minimum Gasteiger partial charge on any atom is -0.455 e. The number of hydrogen-bond donors (Lipinski definition) is 1. The molecular weight excluding hydrogens is 379 g/mol. The van der Waals surface area contributed by atoms with E-state index in [1.54, 1.807) is 36.4 Å². The Kier molecular flexibility index (Phi) is 4.85. The van der Waals surface area contributed by atoms with Crippen molar-refractivity contribution in [1.82, 2.24) is 15.0 Å². The van der Waals surface area contributed by atoms with Crippen molar-refractivity contribution in [2.75, 3.05) is 5.12 Å². The van der Waals surface area contributed by atoms with Crippen LogP contribution in [0, 0.1) is 0 Å². The molecule has 0 aliphatic carbocycles. The van der Waals surface area contributed by atoms with Crippen molar-refractivity contribution in [3.8, 4) is 17.2 Å². The molecule has 8 nitrogen and oxygen atoms in total. The van der Waals surface area contributed by atoms with Crippen molar-refractivity contribution in [2.24, 2.45) is 0 Å². The first kappa shape index (κ1) is 18.1. The predicted octanol–water partition coefficient (Wildman–Crippen LogP) is 4.00. The Labute approximate surface area is 163 Å². The van der Waals surface area contributed by atoms with E-state index in [2.05, 4.69) is 15.0 Å². The highest BCUT2D eigenvalue weighted by Crippen LogP contribution is 2.28. The molecule has 0 saturated heterocycles. The van der Waals surface area contributed by atoms with Gasteiger partial charge in [0.15, 0.2) is 11.4 Å². The summed E-state index contributed by atoms with van der Waals surface area (Å²) in [5.41, 5.74) is 0.247. The van der Waals surface area contributed by atoms with Crippen LogP contribution in [-0.4, -0.2) is 21.0 Å². The number of pyridine rings is 1. The fourth-order valence-corrected chi connectivity index (χ4v) is 2.51. The fourth-order valence-electron chi connectivity index (χ4n) is 2.51. The van der Waals surface area contributed by atoms with Crippen LogP contribution in [0.25, 0.3) is 11.2 Å². The molecule has 0 radical (unpaired) electrons. The molecule has 2 aromatic heterocycles. The Balaban J connectivity index is 1.49. The highest BCUT2D eigenvalue weighted by molar-refractivity contribution is 5.86. The van der Waals surface area contributed by atoms with E-state index in [0.717, 1.165) is 6.20 Å². The molecule has 0 bridgehead atoms. The zero-order valence-electron chi connectivity index (χ0n) is 14.8. The number of carbonyl (C=O) groups is 1. The summed E-state index contributed by atoms with van der Waals surface area (Å²) < 4.78 is 25.0. The smallest absolute Gasteiger partial charge is 0.448 e. The molecule has 0 unspecified atom stereocenters. The van der Waals surface area contributed by atoms with Crippen molar-refractivity contribution in [3.63, 3.8) is 0 Å². The van der Waals surface area contributed by atoms with Gasteiger partial charge in [0.1, 0.15) is 17.0 Å². The molecule has 144 valence electrons. The average molecular weight is 392 g/mol. The van der Waals surface area contributed by atoms with Gasteiger partial charge in [-0.25, -0.2) is 14.8 Å². The Morgan fingerprint density at radius 2 is 1.72 bits per heavy atom. The summed E-state index contributed by atoms with van der Waals surface area (Å²) in [7, 11) is 0. The number of benzene rings is 2. The van der Waals surface area contributed by atoms with E-state index in [-0.39, 0.29) is 27.8 Å². The molecule has 0 aliphatic rings. The zero-order chi connectivity index (χ0) is 20.2. The van der Waals surface area contributed by atoms with Gasteiger partial charge in [0.2, 0.25) is 0 Å². The summed E-state index contributed by atoms with van der Waals surface area (Å²) in [5, 5.41) is -0.106. The standard InChI is InChI=1S/C20H13FN4O4/c21-25(20(27)29-14-4-2-1-3-5-14)13-6-8-15(9-7-13)28-16-10-11-22-19-18(16)23-12-17(26)24-19/h1-12H,(H,22,24,26). The van der Waals surface area contributed by atoms with E-state index in [1.807, 2.05) is 0 Å². The first-order valence-corrected chi connectivity index (χ1v) is 8.45. The number of hydrogen-bond acceptors (Lipinski definition) is 6. The van der Waals surface area contributed by atoms with E-state index in [9.17, 15) is 14.1 Å². The number of nitrogens with zero attached hydrogens (tertiary/aromatic N) is 3. The van der Waals surface area contributed by atoms with Gasteiger partial charge in [0.25, 0.3) is 5.56 Å². The van der Waals surface area contributed by atoms with Crippen LogP contribution < -0.4 is 20.2 Å². The molecule has 9 heteroatoms. The lowest BCUT2D eigenvalue weighted by Gasteiger charge is -2.13. The molecule has 29 heavy (non-hydrogen) atoms. The summed E-state index contributed by atoms with van der Waals surface area (Å²) in [5.74, 6) is 0.967. The quantitative estimate of drug-likeness (QED) is 0.527. The monoisotopic (exact) mass is 392 g/mol. The Bertz CT molecular complexity index is 1210. The number of fused-ring (bicyclic) bond motifs is 1. The van der Waals surface area contributed by atoms with Crippen LogP contribution in [0.1, 0.15) is 0 Å². The molecule has 0 fully saturated rings. The van der Waals surface area contributed by atoms with Crippen LogP contribution in [0.5, 0.6) is 17.2 Å². The maximum atomic E-state index is 14.3. The van der Waals surface area contributed by atoms with E-state index in [0.29, 0.717) is 17.0 Å². The number of aromatic nitrogens is 3. The number of anilines is 1. The molecule has 2 heterocycles. The summed E-state index contributed by atoms with van der Waals surface area (Å²) in [6.45, 7) is 0. The lowest BCUT2D eigenvalue weighted by Crippen LogP contribution is -2.25. The number of rotatable bonds is 4. The first-order chi connectivity index (χ1) is 14.1. The number of para-hydroxylation sites is 1. The van der Waals surface area contributed by atoms with Crippen LogP contribution in [0.4, 0.5) is 15.0 Å². The number of aromatic amines is 1. The highest BCUT2D eigenvalue weighted by Gasteiger charge is 2.18. The minimum atomic E-state index is -1.17.